The van der Waals surface area contributed by atoms with Crippen LogP contribution in [-0.4, -0.2) is 34.9 Å². The number of aliphatic hydroxyl groups is 2. The van der Waals surface area contributed by atoms with E-state index in [2.05, 4.69) is 19.2 Å². The van der Waals surface area contributed by atoms with E-state index in [9.17, 15) is 15.0 Å². The van der Waals surface area contributed by atoms with Gasteiger partial charge in [-0.1, -0.05) is 303 Å². The molecular weight excluding hydrogens is 711 g/mol. The highest BCUT2D eigenvalue weighted by Gasteiger charge is 2.20. The second kappa shape index (κ2) is 50.7. The van der Waals surface area contributed by atoms with Crippen LogP contribution >= 0.6 is 0 Å². The Kier molecular flexibility index (Phi) is 50.2. The number of carbonyl (C=O) groups is 1. The van der Waals surface area contributed by atoms with Gasteiger partial charge in [0.15, 0.2) is 0 Å². The maximum absolute atomic E-state index is 12.5. The molecule has 348 valence electrons. The normalized spacial score (nSPS) is 12.7. The molecule has 0 aromatic heterocycles. The summed E-state index contributed by atoms with van der Waals surface area (Å²) in [4.78, 5) is 12.5. The molecule has 58 heavy (non-hydrogen) atoms. The number of hydrogen-bond acceptors (Lipinski definition) is 3. The number of rotatable bonds is 51. The second-order valence-electron chi connectivity index (χ2n) is 19.0. The number of amides is 1. The lowest BCUT2D eigenvalue weighted by atomic mass is 10.0. The van der Waals surface area contributed by atoms with Crippen molar-refractivity contribution in [3.05, 3.63) is 0 Å². The first-order chi connectivity index (χ1) is 28.7. The molecule has 4 nitrogen and oxygen atoms in total. The van der Waals surface area contributed by atoms with Gasteiger partial charge in [0.1, 0.15) is 0 Å². The minimum atomic E-state index is -0.654. The van der Waals surface area contributed by atoms with Crippen LogP contribution in [0.25, 0.3) is 0 Å². The van der Waals surface area contributed by atoms with Gasteiger partial charge < -0.3 is 15.5 Å². The van der Waals surface area contributed by atoms with Crippen molar-refractivity contribution < 1.29 is 15.0 Å². The van der Waals surface area contributed by atoms with Crippen LogP contribution in [0.3, 0.4) is 0 Å². The van der Waals surface area contributed by atoms with Gasteiger partial charge in [-0.2, -0.15) is 0 Å². The largest absolute Gasteiger partial charge is 0.394 e. The van der Waals surface area contributed by atoms with Gasteiger partial charge in [0.25, 0.3) is 0 Å². The summed E-state index contributed by atoms with van der Waals surface area (Å²) in [7, 11) is 0. The Morgan fingerprint density at radius 2 is 0.552 bits per heavy atom. The van der Waals surface area contributed by atoms with E-state index in [0.29, 0.717) is 12.8 Å². The van der Waals surface area contributed by atoms with Crippen LogP contribution in [0.2, 0.25) is 0 Å². The van der Waals surface area contributed by atoms with Crippen molar-refractivity contribution in [3.8, 4) is 0 Å². The standard InChI is InChI=1S/C54H109NO3/c1-3-5-7-9-11-13-15-17-19-21-23-24-25-26-27-28-29-30-31-32-33-35-37-39-41-43-45-47-49-53(57)52(51-56)55-54(58)50-48-46-44-42-40-38-36-34-22-20-18-16-14-12-10-8-6-4-2/h52-53,56-57H,3-51H2,1-2H3,(H,55,58). The molecule has 2 atom stereocenters. The third-order valence-corrected chi connectivity index (χ3v) is 13.1. The fourth-order valence-corrected chi connectivity index (χ4v) is 8.95. The third-order valence-electron chi connectivity index (χ3n) is 13.1. The number of hydrogen-bond donors (Lipinski definition) is 3. The minimum absolute atomic E-state index is 0.0232. The smallest absolute Gasteiger partial charge is 0.220 e. The average molecular weight is 820 g/mol. The lowest BCUT2D eigenvalue weighted by Crippen LogP contribution is -2.45. The van der Waals surface area contributed by atoms with Crippen LogP contribution in [0, 0.1) is 0 Å². The summed E-state index contributed by atoms with van der Waals surface area (Å²) in [6.45, 7) is 4.40. The van der Waals surface area contributed by atoms with Crippen LogP contribution in [0.15, 0.2) is 0 Å². The van der Waals surface area contributed by atoms with Crippen molar-refractivity contribution in [1.29, 1.82) is 0 Å². The van der Waals surface area contributed by atoms with Crippen LogP contribution < -0.4 is 5.32 Å². The molecule has 0 aromatic carbocycles. The van der Waals surface area contributed by atoms with E-state index in [1.165, 1.54) is 270 Å². The first kappa shape index (κ1) is 57.4. The van der Waals surface area contributed by atoms with Crippen LogP contribution in [0.1, 0.15) is 322 Å². The summed E-state index contributed by atoms with van der Waals surface area (Å²) >= 11 is 0. The maximum Gasteiger partial charge on any atom is 0.220 e. The predicted octanol–water partition coefficient (Wildman–Crippen LogP) is 17.6. The molecule has 1 amide bonds. The number of aliphatic hydroxyl groups excluding tert-OH is 2. The molecule has 0 fully saturated rings. The highest BCUT2D eigenvalue weighted by atomic mass is 16.3. The van der Waals surface area contributed by atoms with Gasteiger partial charge in [0.05, 0.1) is 18.8 Å². The molecule has 0 spiro atoms. The molecule has 4 heteroatoms. The molecule has 0 aromatic rings. The lowest BCUT2D eigenvalue weighted by Gasteiger charge is -2.22. The maximum atomic E-state index is 12.5. The number of nitrogens with one attached hydrogen (secondary N) is 1. The fraction of sp³-hybridized carbons (Fsp3) is 0.981. The Bertz CT molecular complexity index is 759. The van der Waals surface area contributed by atoms with E-state index >= 15 is 0 Å². The van der Waals surface area contributed by atoms with Gasteiger partial charge in [0.2, 0.25) is 5.91 Å². The monoisotopic (exact) mass is 820 g/mol. The molecular formula is C54H109NO3. The zero-order valence-electron chi connectivity index (χ0n) is 40.1. The summed E-state index contributed by atoms with van der Waals surface area (Å²) in [5.41, 5.74) is 0. The van der Waals surface area contributed by atoms with Crippen LogP contribution in [-0.2, 0) is 4.79 Å². The SMILES string of the molecule is CCCCCCCCCCCCCCCCCCCCCCCCCCCCCCC(O)C(CO)NC(=O)CCCCCCCCCCCCCCCCCCCC. The van der Waals surface area contributed by atoms with Gasteiger partial charge in [-0.3, -0.25) is 4.79 Å². The quantitative estimate of drug-likeness (QED) is 0.0536. The summed E-state index contributed by atoms with van der Waals surface area (Å²) in [5.74, 6) is -0.0232. The Labute approximate surface area is 365 Å². The average Bonchev–Trinajstić information content (AvgIpc) is 3.23. The van der Waals surface area contributed by atoms with Gasteiger partial charge in [0, 0.05) is 6.42 Å². The molecule has 0 bridgehead atoms. The van der Waals surface area contributed by atoms with Crippen molar-refractivity contribution in [2.24, 2.45) is 0 Å². The molecule has 0 heterocycles. The van der Waals surface area contributed by atoms with Crippen molar-refractivity contribution in [2.75, 3.05) is 6.61 Å². The van der Waals surface area contributed by atoms with Crippen molar-refractivity contribution >= 4 is 5.91 Å². The van der Waals surface area contributed by atoms with Gasteiger partial charge >= 0.3 is 0 Å². The van der Waals surface area contributed by atoms with Crippen molar-refractivity contribution in [2.45, 2.75) is 334 Å². The topological polar surface area (TPSA) is 69.6 Å². The molecule has 0 rings (SSSR count). The highest BCUT2D eigenvalue weighted by Crippen LogP contribution is 2.18. The van der Waals surface area contributed by atoms with Gasteiger partial charge in [-0.05, 0) is 12.8 Å². The summed E-state index contributed by atoms with van der Waals surface area (Å²) in [6.07, 6.45) is 63.7. The first-order valence-electron chi connectivity index (χ1n) is 27.2. The molecule has 0 aliphatic rings. The summed E-state index contributed by atoms with van der Waals surface area (Å²) in [5, 5.41) is 23.3. The van der Waals surface area contributed by atoms with E-state index in [0.717, 1.165) is 25.7 Å². The molecule has 0 aliphatic heterocycles. The first-order valence-corrected chi connectivity index (χ1v) is 27.2. The van der Waals surface area contributed by atoms with Gasteiger partial charge in [-0.15, -0.1) is 0 Å². The number of carbonyl (C=O) groups excluding carboxylic acids is 1. The van der Waals surface area contributed by atoms with E-state index in [1.807, 2.05) is 0 Å². The molecule has 0 aliphatic carbocycles. The minimum Gasteiger partial charge on any atom is -0.394 e. The van der Waals surface area contributed by atoms with Crippen molar-refractivity contribution in [1.82, 2.24) is 5.32 Å². The van der Waals surface area contributed by atoms with E-state index in [1.54, 1.807) is 0 Å². The molecule has 0 saturated carbocycles. The Balaban J connectivity index is 3.39. The molecule has 3 N–H and O–H groups in total. The molecule has 0 radical (unpaired) electrons. The Hall–Kier alpha value is -0.610. The second-order valence-corrected chi connectivity index (χ2v) is 19.0. The predicted molar refractivity (Wildman–Crippen MR) is 258 cm³/mol. The summed E-state index contributed by atoms with van der Waals surface area (Å²) in [6, 6.07) is -0.531. The molecule has 2 unspecified atom stereocenters. The van der Waals surface area contributed by atoms with Crippen molar-refractivity contribution in [3.63, 3.8) is 0 Å². The van der Waals surface area contributed by atoms with E-state index in [-0.39, 0.29) is 12.5 Å². The summed E-state index contributed by atoms with van der Waals surface area (Å²) < 4.78 is 0. The van der Waals surface area contributed by atoms with Crippen LogP contribution in [0.5, 0.6) is 0 Å². The Morgan fingerprint density at radius 3 is 0.776 bits per heavy atom. The Morgan fingerprint density at radius 1 is 0.345 bits per heavy atom. The fourth-order valence-electron chi connectivity index (χ4n) is 8.95. The third kappa shape index (κ3) is 46.5. The van der Waals surface area contributed by atoms with E-state index < -0.39 is 12.1 Å². The van der Waals surface area contributed by atoms with Crippen LogP contribution in [0.4, 0.5) is 0 Å². The zero-order valence-corrected chi connectivity index (χ0v) is 40.1. The highest BCUT2D eigenvalue weighted by molar-refractivity contribution is 5.76. The molecule has 0 saturated heterocycles. The number of unbranched alkanes of at least 4 members (excludes halogenated alkanes) is 44. The van der Waals surface area contributed by atoms with E-state index in [4.69, 9.17) is 0 Å². The zero-order chi connectivity index (χ0) is 42.1. The lowest BCUT2D eigenvalue weighted by molar-refractivity contribution is -0.123. The van der Waals surface area contributed by atoms with Gasteiger partial charge in [-0.25, -0.2) is 0 Å².